The number of carbonyl (C=O) groups excluding carboxylic acids is 2. The second-order valence-corrected chi connectivity index (χ2v) is 8.37. The number of rotatable bonds is 8. The summed E-state index contributed by atoms with van der Waals surface area (Å²) in [6.07, 6.45) is 3.40. The minimum Gasteiger partial charge on any atom is -0.468 e. The molecule has 36 heavy (non-hydrogen) atoms. The van der Waals surface area contributed by atoms with E-state index in [4.69, 9.17) is 4.74 Å². The Kier molecular flexibility index (Phi) is 7.75. The van der Waals surface area contributed by atoms with E-state index in [0.29, 0.717) is 19.0 Å². The molecule has 0 aliphatic heterocycles. The van der Waals surface area contributed by atoms with Crippen molar-refractivity contribution in [3.8, 4) is 16.8 Å². The number of esters is 1. The molecule has 1 N–H and O–H groups in total. The molecule has 0 radical (unpaired) electrons. The summed E-state index contributed by atoms with van der Waals surface area (Å²) in [6, 6.07) is 25.9. The molecule has 184 valence electrons. The fourth-order valence-electron chi connectivity index (χ4n) is 4.03. The Balaban J connectivity index is 0.000000256. The minimum absolute atomic E-state index is 0.135. The summed E-state index contributed by atoms with van der Waals surface area (Å²) in [5, 5.41) is 11.0. The lowest BCUT2D eigenvalue weighted by molar-refractivity contribution is -0.143. The van der Waals surface area contributed by atoms with E-state index in [1.165, 1.54) is 7.11 Å². The van der Waals surface area contributed by atoms with E-state index in [1.807, 2.05) is 66.2 Å². The predicted molar refractivity (Wildman–Crippen MR) is 137 cm³/mol. The smallest absolute Gasteiger partial charge is 0.316 e. The van der Waals surface area contributed by atoms with Crippen molar-refractivity contribution in [2.24, 2.45) is 0 Å². The highest BCUT2D eigenvalue weighted by Crippen LogP contribution is 2.49. The number of carbonyl (C=O) groups is 2. The van der Waals surface area contributed by atoms with Gasteiger partial charge in [-0.1, -0.05) is 66.7 Å². The van der Waals surface area contributed by atoms with Gasteiger partial charge in [-0.3, -0.25) is 14.2 Å². The lowest BCUT2D eigenvalue weighted by Gasteiger charge is -2.13. The average Bonchev–Trinajstić information content (AvgIpc) is 3.62. The molecule has 0 atom stereocenters. The molecule has 5 rings (SSSR count). The van der Waals surface area contributed by atoms with Crippen LogP contribution in [0.4, 0.5) is 5.95 Å². The molecule has 4 aromatic rings. The quantitative estimate of drug-likeness (QED) is 0.290. The predicted octanol–water partition coefficient (Wildman–Crippen LogP) is 4.54. The molecule has 1 fully saturated rings. The van der Waals surface area contributed by atoms with Gasteiger partial charge in [-0.15, -0.1) is 10.2 Å². The number of nitrogens with zero attached hydrogens (tertiary/aromatic N) is 3. The first kappa shape index (κ1) is 24.7. The number of nitrogens with one attached hydrogen (secondary N) is 1. The van der Waals surface area contributed by atoms with Gasteiger partial charge in [-0.05, 0) is 47.2 Å². The maximum Gasteiger partial charge on any atom is 0.316 e. The van der Waals surface area contributed by atoms with Crippen molar-refractivity contribution in [1.82, 2.24) is 14.8 Å². The summed E-state index contributed by atoms with van der Waals surface area (Å²) in [6.45, 7) is 0.817. The van der Waals surface area contributed by atoms with E-state index in [0.717, 1.165) is 40.8 Å². The first-order chi connectivity index (χ1) is 17.6. The molecule has 0 unspecified atom stereocenters. The first-order valence-corrected chi connectivity index (χ1v) is 11.6. The van der Waals surface area contributed by atoms with E-state index in [9.17, 15) is 9.59 Å². The van der Waals surface area contributed by atoms with Gasteiger partial charge in [0.2, 0.25) is 5.95 Å². The SMILES string of the molecule is CNc1nncn1-c1ccc(-c2ccc(C3(C(=O)OC)CC3)cc2)cc1.O=COCc1ccccc1. The Morgan fingerprint density at radius 3 is 2.19 bits per heavy atom. The fourth-order valence-corrected chi connectivity index (χ4v) is 4.03. The molecule has 1 aromatic heterocycles. The summed E-state index contributed by atoms with van der Waals surface area (Å²) >= 11 is 0. The lowest BCUT2D eigenvalue weighted by atomic mass is 9.94. The largest absolute Gasteiger partial charge is 0.468 e. The molecule has 8 nitrogen and oxygen atoms in total. The van der Waals surface area contributed by atoms with E-state index in [-0.39, 0.29) is 5.97 Å². The van der Waals surface area contributed by atoms with Crippen molar-refractivity contribution in [2.75, 3.05) is 19.5 Å². The van der Waals surface area contributed by atoms with E-state index >= 15 is 0 Å². The van der Waals surface area contributed by atoms with Crippen LogP contribution in [0.2, 0.25) is 0 Å². The van der Waals surface area contributed by atoms with Crippen LogP contribution in [-0.4, -0.2) is 41.4 Å². The van der Waals surface area contributed by atoms with Crippen LogP contribution in [0.5, 0.6) is 0 Å². The Morgan fingerprint density at radius 2 is 1.64 bits per heavy atom. The second kappa shape index (κ2) is 11.3. The van der Waals surface area contributed by atoms with Crippen molar-refractivity contribution in [2.45, 2.75) is 24.9 Å². The molecule has 8 heteroatoms. The van der Waals surface area contributed by atoms with Crippen LogP contribution >= 0.6 is 0 Å². The third kappa shape index (κ3) is 5.43. The average molecular weight is 485 g/mol. The van der Waals surface area contributed by atoms with Gasteiger partial charge in [0.1, 0.15) is 12.9 Å². The summed E-state index contributed by atoms with van der Waals surface area (Å²) < 4.78 is 11.4. The molecule has 0 saturated heterocycles. The van der Waals surface area contributed by atoms with Crippen LogP contribution in [0.1, 0.15) is 24.0 Å². The van der Waals surface area contributed by atoms with Gasteiger partial charge in [0, 0.05) is 7.05 Å². The highest BCUT2D eigenvalue weighted by atomic mass is 16.5. The van der Waals surface area contributed by atoms with Crippen molar-refractivity contribution in [3.63, 3.8) is 0 Å². The Morgan fingerprint density at radius 1 is 1.00 bits per heavy atom. The van der Waals surface area contributed by atoms with Crippen LogP contribution in [0.3, 0.4) is 0 Å². The van der Waals surface area contributed by atoms with Gasteiger partial charge in [0.15, 0.2) is 0 Å². The topological polar surface area (TPSA) is 95.3 Å². The van der Waals surface area contributed by atoms with Gasteiger partial charge < -0.3 is 14.8 Å². The van der Waals surface area contributed by atoms with Gasteiger partial charge in [-0.25, -0.2) is 0 Å². The lowest BCUT2D eigenvalue weighted by Crippen LogP contribution is -2.21. The summed E-state index contributed by atoms with van der Waals surface area (Å²) in [7, 11) is 3.27. The van der Waals surface area contributed by atoms with Crippen molar-refractivity contribution < 1.29 is 19.1 Å². The molecule has 0 amide bonds. The zero-order valence-corrected chi connectivity index (χ0v) is 20.3. The minimum atomic E-state index is -0.422. The molecule has 1 aliphatic carbocycles. The van der Waals surface area contributed by atoms with Crippen LogP contribution in [-0.2, 0) is 31.1 Å². The summed E-state index contributed by atoms with van der Waals surface area (Å²) in [5.41, 5.74) is 4.83. The normalized spacial score (nSPS) is 13.1. The molecule has 3 aromatic carbocycles. The van der Waals surface area contributed by atoms with E-state index in [1.54, 1.807) is 6.33 Å². The fraction of sp³-hybridized carbons (Fsp3) is 0.214. The Labute approximate surface area is 209 Å². The van der Waals surface area contributed by atoms with Crippen LogP contribution < -0.4 is 5.32 Å². The molecule has 0 bridgehead atoms. The second-order valence-electron chi connectivity index (χ2n) is 8.37. The number of benzene rings is 3. The summed E-state index contributed by atoms with van der Waals surface area (Å²) in [5.74, 6) is 0.559. The van der Waals surface area contributed by atoms with Crippen molar-refractivity contribution in [3.05, 3.63) is 96.3 Å². The van der Waals surface area contributed by atoms with E-state index < -0.39 is 5.41 Å². The monoisotopic (exact) mass is 484 g/mol. The van der Waals surface area contributed by atoms with Crippen LogP contribution in [0, 0.1) is 0 Å². The Bertz CT molecular complexity index is 1280. The van der Waals surface area contributed by atoms with Crippen LogP contribution in [0.25, 0.3) is 16.8 Å². The van der Waals surface area contributed by atoms with Crippen molar-refractivity contribution in [1.29, 1.82) is 0 Å². The third-order valence-electron chi connectivity index (χ3n) is 6.17. The number of hydrogen-bond donors (Lipinski definition) is 1. The van der Waals surface area contributed by atoms with Crippen molar-refractivity contribution >= 4 is 18.4 Å². The molecule has 0 spiro atoms. The maximum atomic E-state index is 12.0. The number of methoxy groups -OCH3 is 1. The Hall–Kier alpha value is -4.46. The first-order valence-electron chi connectivity index (χ1n) is 11.6. The summed E-state index contributed by atoms with van der Waals surface area (Å²) in [4.78, 5) is 21.8. The molecular weight excluding hydrogens is 456 g/mol. The maximum absolute atomic E-state index is 12.0. The van der Waals surface area contributed by atoms with Gasteiger partial charge in [-0.2, -0.15) is 0 Å². The zero-order valence-electron chi connectivity index (χ0n) is 20.3. The van der Waals surface area contributed by atoms with Gasteiger partial charge in [0.25, 0.3) is 6.47 Å². The molecular formula is C28H28N4O4. The molecule has 1 aliphatic rings. The highest BCUT2D eigenvalue weighted by Gasteiger charge is 2.52. The number of aromatic nitrogens is 3. The third-order valence-corrected chi connectivity index (χ3v) is 6.17. The number of anilines is 1. The van der Waals surface area contributed by atoms with E-state index in [2.05, 4.69) is 44.5 Å². The molecule has 1 saturated carbocycles. The van der Waals surface area contributed by atoms with Gasteiger partial charge >= 0.3 is 5.97 Å². The van der Waals surface area contributed by atoms with Gasteiger partial charge in [0.05, 0.1) is 18.2 Å². The highest BCUT2D eigenvalue weighted by molar-refractivity contribution is 5.86. The number of hydrogen-bond acceptors (Lipinski definition) is 7. The zero-order chi connectivity index (χ0) is 25.4. The van der Waals surface area contributed by atoms with Crippen LogP contribution in [0.15, 0.2) is 85.2 Å². The number of ether oxygens (including phenoxy) is 2. The molecule has 1 heterocycles. The standard InChI is InChI=1S/C20H20N4O2.C8H8O2/c1-21-19-23-22-13-24(19)17-9-5-15(6-10-17)14-3-7-16(8-4-14)20(11-12-20)18(25)26-2;9-7-10-6-8-4-2-1-3-5-8/h3-10,13H,11-12H2,1-2H3,(H,21,23);1-5,7H,6H2.